The molecule has 0 saturated heterocycles. The zero-order chi connectivity index (χ0) is 11.1. The Morgan fingerprint density at radius 2 is 2.00 bits per heavy atom. The number of hydrogen-bond donors (Lipinski definition) is 0. The van der Waals surface area contributed by atoms with E-state index in [0.29, 0.717) is 12.3 Å². The predicted molar refractivity (Wildman–Crippen MR) is 60.7 cm³/mol. The van der Waals surface area contributed by atoms with Gasteiger partial charge in [0.1, 0.15) is 0 Å². The molecule has 0 bridgehead atoms. The van der Waals surface area contributed by atoms with Crippen molar-refractivity contribution in [3.8, 4) is 0 Å². The van der Waals surface area contributed by atoms with E-state index < -0.39 is 0 Å². The lowest BCUT2D eigenvalue weighted by molar-refractivity contribution is -0.141. The lowest BCUT2D eigenvalue weighted by atomic mass is 9.91. The molecule has 0 aliphatic heterocycles. The zero-order valence-corrected chi connectivity index (χ0v) is 9.40. The molecular weight excluding hydrogens is 188 g/mol. The van der Waals surface area contributed by atoms with Crippen molar-refractivity contribution in [1.82, 2.24) is 0 Å². The van der Waals surface area contributed by atoms with E-state index in [2.05, 4.69) is 19.1 Å². The van der Waals surface area contributed by atoms with Crippen LogP contribution in [0.1, 0.15) is 37.7 Å². The molecule has 0 aliphatic carbocycles. The monoisotopic (exact) mass is 206 g/mol. The molecule has 0 heterocycles. The van der Waals surface area contributed by atoms with Crippen LogP contribution < -0.4 is 0 Å². The highest BCUT2D eigenvalue weighted by atomic mass is 16.5. The minimum atomic E-state index is -0.127. The maximum atomic E-state index is 11.2. The molecule has 0 fully saturated rings. The summed E-state index contributed by atoms with van der Waals surface area (Å²) < 4.78 is 4.71. The molecule has 2 nitrogen and oxygen atoms in total. The minimum Gasteiger partial charge on any atom is -0.469 e. The first-order valence-corrected chi connectivity index (χ1v) is 5.39. The van der Waals surface area contributed by atoms with Gasteiger partial charge in [0.15, 0.2) is 0 Å². The molecule has 1 aromatic rings. The van der Waals surface area contributed by atoms with Gasteiger partial charge in [-0.3, -0.25) is 4.79 Å². The lowest BCUT2D eigenvalue weighted by Crippen LogP contribution is -2.08. The van der Waals surface area contributed by atoms with E-state index in [1.165, 1.54) is 12.7 Å². The smallest absolute Gasteiger partial charge is 0.306 e. The number of benzene rings is 1. The Morgan fingerprint density at radius 3 is 2.53 bits per heavy atom. The van der Waals surface area contributed by atoms with Crippen LogP contribution >= 0.6 is 0 Å². The number of carbonyl (C=O) groups is 1. The molecule has 1 rings (SSSR count). The summed E-state index contributed by atoms with van der Waals surface area (Å²) in [6, 6.07) is 10.2. The van der Waals surface area contributed by atoms with Crippen molar-refractivity contribution in [2.24, 2.45) is 0 Å². The normalized spacial score (nSPS) is 12.1. The Kier molecular flexibility index (Phi) is 4.88. The van der Waals surface area contributed by atoms with Crippen LogP contribution in [0, 0.1) is 0 Å². The number of methoxy groups -OCH3 is 1. The van der Waals surface area contributed by atoms with Crippen molar-refractivity contribution in [2.75, 3.05) is 7.11 Å². The quantitative estimate of drug-likeness (QED) is 0.692. The average molecular weight is 206 g/mol. The molecule has 1 atom stereocenters. The third-order valence-electron chi connectivity index (χ3n) is 2.55. The summed E-state index contributed by atoms with van der Waals surface area (Å²) in [5, 5.41) is 0. The highest BCUT2D eigenvalue weighted by Gasteiger charge is 2.14. The van der Waals surface area contributed by atoms with Gasteiger partial charge in [0, 0.05) is 0 Å². The number of esters is 1. The van der Waals surface area contributed by atoms with Crippen molar-refractivity contribution in [3.05, 3.63) is 35.9 Å². The van der Waals surface area contributed by atoms with Gasteiger partial charge in [-0.25, -0.2) is 0 Å². The second-order valence-electron chi connectivity index (χ2n) is 3.68. The van der Waals surface area contributed by atoms with E-state index in [4.69, 9.17) is 4.74 Å². The molecular formula is C13H18O2. The summed E-state index contributed by atoms with van der Waals surface area (Å²) in [5.41, 5.74) is 1.23. The largest absolute Gasteiger partial charge is 0.469 e. The first kappa shape index (κ1) is 11.8. The van der Waals surface area contributed by atoms with Crippen molar-refractivity contribution in [1.29, 1.82) is 0 Å². The topological polar surface area (TPSA) is 26.3 Å². The Balaban J connectivity index is 2.70. The third kappa shape index (κ3) is 3.74. The van der Waals surface area contributed by atoms with E-state index in [1.54, 1.807) is 0 Å². The Bertz CT molecular complexity index is 293. The number of ether oxygens (including phenoxy) is 1. The lowest BCUT2D eigenvalue weighted by Gasteiger charge is -2.14. The second kappa shape index (κ2) is 6.23. The SMILES string of the molecule is CCC[C@H](CC(=O)OC)c1ccccc1. The molecule has 0 amide bonds. The maximum absolute atomic E-state index is 11.2. The molecule has 0 aliphatic rings. The molecule has 15 heavy (non-hydrogen) atoms. The van der Waals surface area contributed by atoms with Gasteiger partial charge in [-0.15, -0.1) is 0 Å². The zero-order valence-electron chi connectivity index (χ0n) is 9.40. The van der Waals surface area contributed by atoms with Crippen LogP contribution in [0.3, 0.4) is 0 Å². The number of rotatable bonds is 5. The Labute approximate surface area is 91.3 Å². The first-order chi connectivity index (χ1) is 7.27. The summed E-state index contributed by atoms with van der Waals surface area (Å²) in [5.74, 6) is 0.168. The summed E-state index contributed by atoms with van der Waals surface area (Å²) in [6.07, 6.45) is 2.59. The molecule has 2 heteroatoms. The Morgan fingerprint density at radius 1 is 1.33 bits per heavy atom. The summed E-state index contributed by atoms with van der Waals surface area (Å²) in [4.78, 5) is 11.2. The fourth-order valence-corrected chi connectivity index (χ4v) is 1.74. The van der Waals surface area contributed by atoms with Crippen LogP contribution in [0.2, 0.25) is 0 Å². The fourth-order valence-electron chi connectivity index (χ4n) is 1.74. The number of carbonyl (C=O) groups excluding carboxylic acids is 1. The number of hydrogen-bond acceptors (Lipinski definition) is 2. The van der Waals surface area contributed by atoms with Gasteiger partial charge in [-0.2, -0.15) is 0 Å². The molecule has 0 spiro atoms. The summed E-state index contributed by atoms with van der Waals surface area (Å²) >= 11 is 0. The van der Waals surface area contributed by atoms with Gasteiger partial charge in [0.25, 0.3) is 0 Å². The van der Waals surface area contributed by atoms with Crippen LogP contribution in [0.15, 0.2) is 30.3 Å². The van der Waals surface area contributed by atoms with Crippen molar-refractivity contribution >= 4 is 5.97 Å². The van der Waals surface area contributed by atoms with Gasteiger partial charge >= 0.3 is 5.97 Å². The molecule has 0 radical (unpaired) electrons. The van der Waals surface area contributed by atoms with Crippen LogP contribution in [0.4, 0.5) is 0 Å². The molecule has 1 aromatic carbocycles. The predicted octanol–water partition coefficient (Wildman–Crippen LogP) is 3.13. The fraction of sp³-hybridized carbons (Fsp3) is 0.462. The van der Waals surface area contributed by atoms with E-state index in [1.807, 2.05) is 18.2 Å². The average Bonchev–Trinajstić information content (AvgIpc) is 2.29. The first-order valence-electron chi connectivity index (χ1n) is 5.39. The Hall–Kier alpha value is -1.31. The van der Waals surface area contributed by atoms with Crippen molar-refractivity contribution in [2.45, 2.75) is 32.1 Å². The maximum Gasteiger partial charge on any atom is 0.306 e. The van der Waals surface area contributed by atoms with E-state index >= 15 is 0 Å². The van der Waals surface area contributed by atoms with Gasteiger partial charge in [-0.05, 0) is 17.9 Å². The molecule has 0 unspecified atom stereocenters. The third-order valence-corrected chi connectivity index (χ3v) is 2.55. The van der Waals surface area contributed by atoms with Crippen LogP contribution in [0.5, 0.6) is 0 Å². The molecule has 0 saturated carbocycles. The minimum absolute atomic E-state index is 0.127. The van der Waals surface area contributed by atoms with Crippen LogP contribution in [0.25, 0.3) is 0 Å². The van der Waals surface area contributed by atoms with Crippen molar-refractivity contribution in [3.63, 3.8) is 0 Å². The molecule has 0 aromatic heterocycles. The van der Waals surface area contributed by atoms with Gasteiger partial charge in [0.05, 0.1) is 13.5 Å². The highest BCUT2D eigenvalue weighted by molar-refractivity contribution is 5.70. The van der Waals surface area contributed by atoms with E-state index in [-0.39, 0.29) is 5.97 Å². The molecule has 82 valence electrons. The summed E-state index contributed by atoms with van der Waals surface area (Å²) in [7, 11) is 1.44. The van der Waals surface area contributed by atoms with Gasteiger partial charge < -0.3 is 4.74 Å². The van der Waals surface area contributed by atoms with E-state index in [9.17, 15) is 4.79 Å². The van der Waals surface area contributed by atoms with Gasteiger partial charge in [0.2, 0.25) is 0 Å². The second-order valence-corrected chi connectivity index (χ2v) is 3.68. The van der Waals surface area contributed by atoms with Crippen LogP contribution in [-0.2, 0) is 9.53 Å². The molecule has 0 N–H and O–H groups in total. The standard InChI is InChI=1S/C13H18O2/c1-3-7-12(10-13(14)15-2)11-8-5-4-6-9-11/h4-6,8-9,12H,3,7,10H2,1-2H3/t12-/m1/s1. The summed E-state index contributed by atoms with van der Waals surface area (Å²) in [6.45, 7) is 2.13. The van der Waals surface area contributed by atoms with Crippen molar-refractivity contribution < 1.29 is 9.53 Å². The van der Waals surface area contributed by atoms with Crippen LogP contribution in [-0.4, -0.2) is 13.1 Å². The van der Waals surface area contributed by atoms with E-state index in [0.717, 1.165) is 12.8 Å². The highest BCUT2D eigenvalue weighted by Crippen LogP contribution is 2.24. The van der Waals surface area contributed by atoms with Gasteiger partial charge in [-0.1, -0.05) is 43.7 Å².